The van der Waals surface area contributed by atoms with Gasteiger partial charge in [0.05, 0.1) is 0 Å². The molecule has 2 N–H and O–H groups in total. The molecule has 1 rings (SSSR count). The molecule has 0 saturated carbocycles. The normalized spacial score (nSPS) is 12.1. The van der Waals surface area contributed by atoms with Gasteiger partial charge in [0.25, 0.3) is 0 Å². The molecule has 15 heavy (non-hydrogen) atoms. The SMILES string of the molecule is Cc1cc(CC(NC=O)C(=O)O)c(C)s1. The average Bonchev–Trinajstić information content (AvgIpc) is 2.44. The molecule has 4 nitrogen and oxygen atoms in total. The Morgan fingerprint density at radius 3 is 2.73 bits per heavy atom. The van der Waals surface area contributed by atoms with Crippen molar-refractivity contribution < 1.29 is 14.7 Å². The van der Waals surface area contributed by atoms with Crippen molar-refractivity contribution in [3.8, 4) is 0 Å². The van der Waals surface area contributed by atoms with Gasteiger partial charge in [0.2, 0.25) is 6.41 Å². The maximum atomic E-state index is 10.8. The van der Waals surface area contributed by atoms with Gasteiger partial charge in [-0.15, -0.1) is 11.3 Å². The van der Waals surface area contributed by atoms with Crippen LogP contribution in [0, 0.1) is 13.8 Å². The summed E-state index contributed by atoms with van der Waals surface area (Å²) in [5.41, 5.74) is 0.985. The zero-order valence-electron chi connectivity index (χ0n) is 8.61. The molecule has 82 valence electrons. The molecule has 0 spiro atoms. The standard InChI is InChI=1S/C10H13NO3S/c1-6-3-8(7(2)15-6)4-9(10(13)14)11-5-12/h3,5,9H,4H2,1-2H3,(H,11,12)(H,13,14). The highest BCUT2D eigenvalue weighted by Gasteiger charge is 2.18. The number of carboxylic acid groups (broad SMARTS) is 1. The number of aryl methyl sites for hydroxylation is 2. The van der Waals surface area contributed by atoms with Crippen molar-refractivity contribution >= 4 is 23.7 Å². The van der Waals surface area contributed by atoms with Crippen molar-refractivity contribution in [1.29, 1.82) is 0 Å². The van der Waals surface area contributed by atoms with E-state index in [-0.39, 0.29) is 0 Å². The molecule has 0 radical (unpaired) electrons. The number of aliphatic carboxylic acids is 1. The minimum absolute atomic E-state index is 0.338. The number of hydrogen-bond acceptors (Lipinski definition) is 3. The van der Waals surface area contributed by atoms with Gasteiger partial charge in [-0.3, -0.25) is 4.79 Å². The molecule has 0 aliphatic heterocycles. The fourth-order valence-corrected chi connectivity index (χ4v) is 2.36. The summed E-state index contributed by atoms with van der Waals surface area (Å²) >= 11 is 1.63. The molecule has 0 aromatic carbocycles. The van der Waals surface area contributed by atoms with E-state index in [1.54, 1.807) is 11.3 Å². The first kappa shape index (κ1) is 11.7. The van der Waals surface area contributed by atoms with Crippen LogP contribution >= 0.6 is 11.3 Å². The van der Waals surface area contributed by atoms with Crippen LogP contribution in [0.4, 0.5) is 0 Å². The van der Waals surface area contributed by atoms with E-state index >= 15 is 0 Å². The van der Waals surface area contributed by atoms with E-state index in [1.165, 1.54) is 0 Å². The lowest BCUT2D eigenvalue weighted by Crippen LogP contribution is -2.37. The first-order valence-corrected chi connectivity index (χ1v) is 5.34. The summed E-state index contributed by atoms with van der Waals surface area (Å²) in [4.78, 5) is 23.3. The smallest absolute Gasteiger partial charge is 0.326 e. The molecule has 1 amide bonds. The minimum atomic E-state index is -1.01. The van der Waals surface area contributed by atoms with Crippen LogP contribution in [0.5, 0.6) is 0 Å². The zero-order valence-corrected chi connectivity index (χ0v) is 9.43. The van der Waals surface area contributed by atoms with Gasteiger partial charge >= 0.3 is 5.97 Å². The number of rotatable bonds is 5. The van der Waals surface area contributed by atoms with Crippen LogP contribution in [0.15, 0.2) is 6.07 Å². The molecule has 0 bridgehead atoms. The Balaban J connectivity index is 2.77. The van der Waals surface area contributed by atoms with Crippen molar-refractivity contribution in [2.75, 3.05) is 0 Å². The summed E-state index contributed by atoms with van der Waals surface area (Å²) < 4.78 is 0. The highest BCUT2D eigenvalue weighted by atomic mass is 32.1. The molecule has 1 heterocycles. The van der Waals surface area contributed by atoms with E-state index < -0.39 is 12.0 Å². The highest BCUT2D eigenvalue weighted by Crippen LogP contribution is 2.21. The predicted octanol–water partition coefficient (Wildman–Crippen LogP) is 1.11. The van der Waals surface area contributed by atoms with Gasteiger partial charge in [-0.25, -0.2) is 4.79 Å². The molecular formula is C10H13NO3S. The Kier molecular flexibility index (Phi) is 3.85. The summed E-state index contributed by atoms with van der Waals surface area (Å²) in [6, 6.07) is 1.12. The van der Waals surface area contributed by atoms with Gasteiger partial charge in [-0.05, 0) is 25.5 Å². The van der Waals surface area contributed by atoms with Gasteiger partial charge in [0.1, 0.15) is 6.04 Å². The van der Waals surface area contributed by atoms with Gasteiger partial charge < -0.3 is 10.4 Å². The van der Waals surface area contributed by atoms with Crippen molar-refractivity contribution in [1.82, 2.24) is 5.32 Å². The van der Waals surface area contributed by atoms with Gasteiger partial charge in [0, 0.05) is 16.2 Å². The number of carbonyl (C=O) groups is 2. The van der Waals surface area contributed by atoms with Gasteiger partial charge in [0.15, 0.2) is 0 Å². The second-order valence-electron chi connectivity index (χ2n) is 3.32. The van der Waals surface area contributed by atoms with Crippen LogP contribution < -0.4 is 5.32 Å². The Hall–Kier alpha value is -1.36. The number of hydrogen-bond donors (Lipinski definition) is 2. The predicted molar refractivity (Wildman–Crippen MR) is 58.1 cm³/mol. The molecule has 1 aromatic heterocycles. The quantitative estimate of drug-likeness (QED) is 0.740. The fraction of sp³-hybridized carbons (Fsp3) is 0.400. The molecule has 1 aromatic rings. The topological polar surface area (TPSA) is 66.4 Å². The van der Waals surface area contributed by atoms with E-state index in [1.807, 2.05) is 19.9 Å². The number of carbonyl (C=O) groups excluding carboxylic acids is 1. The van der Waals surface area contributed by atoms with Crippen LogP contribution in [0.2, 0.25) is 0 Å². The van der Waals surface area contributed by atoms with Crippen molar-refractivity contribution in [3.05, 3.63) is 21.4 Å². The van der Waals surface area contributed by atoms with Crippen molar-refractivity contribution in [2.45, 2.75) is 26.3 Å². The monoisotopic (exact) mass is 227 g/mol. The first-order valence-electron chi connectivity index (χ1n) is 4.53. The fourth-order valence-electron chi connectivity index (χ4n) is 1.41. The first-order chi connectivity index (χ1) is 7.04. The Bertz CT molecular complexity index is 373. The van der Waals surface area contributed by atoms with E-state index in [0.29, 0.717) is 12.8 Å². The summed E-state index contributed by atoms with van der Waals surface area (Å²) in [6.07, 6.45) is 0.762. The minimum Gasteiger partial charge on any atom is -0.480 e. The lowest BCUT2D eigenvalue weighted by atomic mass is 10.1. The van der Waals surface area contributed by atoms with Gasteiger partial charge in [-0.1, -0.05) is 0 Å². The molecule has 0 saturated heterocycles. The molecule has 0 fully saturated rings. The van der Waals surface area contributed by atoms with E-state index in [0.717, 1.165) is 15.3 Å². The number of thiophene rings is 1. The van der Waals surface area contributed by atoms with E-state index in [4.69, 9.17) is 5.11 Å². The Morgan fingerprint density at radius 1 is 1.67 bits per heavy atom. The largest absolute Gasteiger partial charge is 0.480 e. The summed E-state index contributed by atoms with van der Waals surface area (Å²) in [5.74, 6) is -1.01. The second-order valence-corrected chi connectivity index (χ2v) is 4.78. The van der Waals surface area contributed by atoms with Crippen molar-refractivity contribution in [2.24, 2.45) is 0 Å². The highest BCUT2D eigenvalue weighted by molar-refractivity contribution is 7.12. The van der Waals surface area contributed by atoms with E-state index in [9.17, 15) is 9.59 Å². The lowest BCUT2D eigenvalue weighted by Gasteiger charge is -2.10. The molecule has 5 heteroatoms. The Labute approximate surface area is 91.9 Å². The lowest BCUT2D eigenvalue weighted by molar-refractivity contribution is -0.140. The number of carboxylic acids is 1. The van der Waals surface area contributed by atoms with Crippen molar-refractivity contribution in [3.63, 3.8) is 0 Å². The maximum Gasteiger partial charge on any atom is 0.326 e. The molecule has 1 unspecified atom stereocenters. The third-order valence-electron chi connectivity index (χ3n) is 2.14. The zero-order chi connectivity index (χ0) is 11.4. The molecule has 0 aliphatic rings. The van der Waals surface area contributed by atoms with Crippen LogP contribution in [-0.2, 0) is 16.0 Å². The molecule has 0 aliphatic carbocycles. The van der Waals surface area contributed by atoms with Gasteiger partial charge in [-0.2, -0.15) is 0 Å². The average molecular weight is 227 g/mol. The van der Waals surface area contributed by atoms with Crippen LogP contribution in [-0.4, -0.2) is 23.5 Å². The number of amides is 1. The van der Waals surface area contributed by atoms with Crippen LogP contribution in [0.25, 0.3) is 0 Å². The summed E-state index contributed by atoms with van der Waals surface area (Å²) in [7, 11) is 0. The number of nitrogens with one attached hydrogen (secondary N) is 1. The third-order valence-corrected chi connectivity index (χ3v) is 3.14. The maximum absolute atomic E-state index is 10.8. The molecule has 1 atom stereocenters. The van der Waals surface area contributed by atoms with E-state index in [2.05, 4.69) is 5.32 Å². The molecular weight excluding hydrogens is 214 g/mol. The second kappa shape index (κ2) is 4.93. The van der Waals surface area contributed by atoms with Crippen LogP contribution in [0.3, 0.4) is 0 Å². The summed E-state index contributed by atoms with van der Waals surface area (Å²) in [6.45, 7) is 3.93. The third kappa shape index (κ3) is 3.06. The Morgan fingerprint density at radius 2 is 2.33 bits per heavy atom. The van der Waals surface area contributed by atoms with Crippen LogP contribution in [0.1, 0.15) is 15.3 Å². The summed E-state index contributed by atoms with van der Waals surface area (Å²) in [5, 5.41) is 11.1.